The van der Waals surface area contributed by atoms with Gasteiger partial charge in [0.25, 0.3) is 5.91 Å². The lowest BCUT2D eigenvalue weighted by molar-refractivity contribution is -0.145. The third kappa shape index (κ3) is 2.85. The fourth-order valence-corrected chi connectivity index (χ4v) is 2.53. The average Bonchev–Trinajstić information content (AvgIpc) is 3.12. The van der Waals surface area contributed by atoms with E-state index in [4.69, 9.17) is 9.47 Å². The summed E-state index contributed by atoms with van der Waals surface area (Å²) in [5.41, 5.74) is 0.581. The maximum Gasteiger partial charge on any atom is 0.328 e. The predicted molar refractivity (Wildman–Crippen MR) is 72.4 cm³/mol. The van der Waals surface area contributed by atoms with Crippen LogP contribution in [0.1, 0.15) is 23.3 Å². The molecule has 0 aliphatic carbocycles. The Balaban J connectivity index is 2.14. The van der Waals surface area contributed by atoms with Gasteiger partial charge in [-0.1, -0.05) is 0 Å². The van der Waals surface area contributed by atoms with Crippen LogP contribution in [0.25, 0.3) is 0 Å². The Morgan fingerprint density at radius 2 is 2.20 bits per heavy atom. The predicted octanol–water partition coefficient (Wildman–Crippen LogP) is 0.912. The molecule has 1 aromatic rings. The molecule has 1 aliphatic rings. The number of hydrogen-bond acceptors (Lipinski definition) is 4. The van der Waals surface area contributed by atoms with Gasteiger partial charge >= 0.3 is 5.97 Å². The molecule has 0 aromatic carbocycles. The minimum Gasteiger partial charge on any atom is -0.467 e. The van der Waals surface area contributed by atoms with E-state index >= 15 is 0 Å². The van der Waals surface area contributed by atoms with Gasteiger partial charge in [0.1, 0.15) is 11.7 Å². The van der Waals surface area contributed by atoms with E-state index in [1.807, 2.05) is 16.8 Å². The van der Waals surface area contributed by atoms with Gasteiger partial charge in [-0.15, -0.1) is 0 Å². The van der Waals surface area contributed by atoms with Crippen molar-refractivity contribution in [1.29, 1.82) is 0 Å². The number of carbonyl (C=O) groups excluding carboxylic acids is 2. The highest BCUT2D eigenvalue weighted by Gasteiger charge is 2.36. The molecule has 1 atom stereocenters. The van der Waals surface area contributed by atoms with Gasteiger partial charge in [-0.25, -0.2) is 4.79 Å². The molecule has 2 rings (SSSR count). The van der Waals surface area contributed by atoms with E-state index in [1.54, 1.807) is 18.1 Å². The Hall–Kier alpha value is -1.82. The molecule has 110 valence electrons. The SMILES string of the molecule is COCCn1cccc1C(=O)N1CCCC1C(=O)OC. The smallest absolute Gasteiger partial charge is 0.328 e. The molecule has 0 radical (unpaired) electrons. The number of aromatic nitrogens is 1. The molecule has 1 unspecified atom stereocenters. The van der Waals surface area contributed by atoms with Gasteiger partial charge in [0, 0.05) is 26.4 Å². The van der Waals surface area contributed by atoms with Crippen molar-refractivity contribution in [3.8, 4) is 0 Å². The van der Waals surface area contributed by atoms with E-state index in [0.29, 0.717) is 31.8 Å². The van der Waals surface area contributed by atoms with Gasteiger partial charge in [0.05, 0.1) is 13.7 Å². The van der Waals surface area contributed by atoms with Gasteiger partial charge in [0.15, 0.2) is 0 Å². The highest BCUT2D eigenvalue weighted by atomic mass is 16.5. The summed E-state index contributed by atoms with van der Waals surface area (Å²) in [7, 11) is 2.98. The summed E-state index contributed by atoms with van der Waals surface area (Å²) in [5.74, 6) is -0.468. The first-order valence-electron chi connectivity index (χ1n) is 6.72. The van der Waals surface area contributed by atoms with Crippen molar-refractivity contribution < 1.29 is 19.1 Å². The van der Waals surface area contributed by atoms with Crippen molar-refractivity contribution in [2.45, 2.75) is 25.4 Å². The zero-order chi connectivity index (χ0) is 14.5. The normalized spacial score (nSPS) is 18.3. The lowest BCUT2D eigenvalue weighted by Crippen LogP contribution is -2.41. The van der Waals surface area contributed by atoms with Gasteiger partial charge in [-0.05, 0) is 25.0 Å². The van der Waals surface area contributed by atoms with Crippen LogP contribution in [0.15, 0.2) is 18.3 Å². The van der Waals surface area contributed by atoms with Gasteiger partial charge in [0.2, 0.25) is 0 Å². The van der Waals surface area contributed by atoms with Crippen molar-refractivity contribution >= 4 is 11.9 Å². The summed E-state index contributed by atoms with van der Waals surface area (Å²) in [6, 6.07) is 3.13. The summed E-state index contributed by atoms with van der Waals surface area (Å²) >= 11 is 0. The first-order valence-corrected chi connectivity index (χ1v) is 6.72. The highest BCUT2D eigenvalue weighted by molar-refractivity contribution is 5.96. The number of esters is 1. The van der Waals surface area contributed by atoms with Crippen molar-refractivity contribution in [1.82, 2.24) is 9.47 Å². The molecule has 6 heteroatoms. The van der Waals surface area contributed by atoms with Crippen LogP contribution in [0, 0.1) is 0 Å². The monoisotopic (exact) mass is 280 g/mol. The number of rotatable bonds is 5. The van der Waals surface area contributed by atoms with Crippen molar-refractivity contribution in [3.63, 3.8) is 0 Å². The van der Waals surface area contributed by atoms with E-state index in [-0.39, 0.29) is 11.9 Å². The molecule has 1 saturated heterocycles. The lowest BCUT2D eigenvalue weighted by atomic mass is 10.2. The third-order valence-electron chi connectivity index (χ3n) is 3.57. The molecule has 0 spiro atoms. The second-order valence-electron chi connectivity index (χ2n) is 4.76. The molecule has 1 aromatic heterocycles. The van der Waals surface area contributed by atoms with Crippen molar-refractivity contribution in [2.75, 3.05) is 27.4 Å². The van der Waals surface area contributed by atoms with Crippen LogP contribution in [0.3, 0.4) is 0 Å². The quantitative estimate of drug-likeness (QED) is 0.752. The molecule has 20 heavy (non-hydrogen) atoms. The summed E-state index contributed by atoms with van der Waals surface area (Å²) in [6.07, 6.45) is 3.33. The first-order chi connectivity index (χ1) is 9.69. The number of methoxy groups -OCH3 is 2. The maximum absolute atomic E-state index is 12.6. The lowest BCUT2D eigenvalue weighted by Gasteiger charge is -2.23. The minimum atomic E-state index is -0.460. The number of ether oxygens (including phenoxy) is 2. The number of amides is 1. The first kappa shape index (κ1) is 14.6. The number of likely N-dealkylation sites (tertiary alicyclic amines) is 1. The van der Waals surface area contributed by atoms with Crippen LogP contribution < -0.4 is 0 Å². The van der Waals surface area contributed by atoms with Crippen LogP contribution in [0.2, 0.25) is 0 Å². The summed E-state index contributed by atoms with van der Waals surface area (Å²) in [4.78, 5) is 25.9. The largest absolute Gasteiger partial charge is 0.467 e. The van der Waals surface area contributed by atoms with Gasteiger partial charge in [-0.3, -0.25) is 4.79 Å². The van der Waals surface area contributed by atoms with Crippen LogP contribution in [-0.2, 0) is 20.8 Å². The maximum atomic E-state index is 12.6. The molecular weight excluding hydrogens is 260 g/mol. The molecule has 6 nitrogen and oxygen atoms in total. The van der Waals surface area contributed by atoms with Crippen LogP contribution >= 0.6 is 0 Å². The number of carbonyl (C=O) groups is 2. The van der Waals surface area contributed by atoms with E-state index in [2.05, 4.69) is 0 Å². The van der Waals surface area contributed by atoms with Crippen molar-refractivity contribution in [3.05, 3.63) is 24.0 Å². The molecular formula is C14H20N2O4. The molecule has 1 fully saturated rings. The molecule has 1 aliphatic heterocycles. The minimum absolute atomic E-state index is 0.126. The Morgan fingerprint density at radius 3 is 2.90 bits per heavy atom. The summed E-state index contributed by atoms with van der Waals surface area (Å²) < 4.78 is 11.6. The Bertz CT molecular complexity index is 483. The summed E-state index contributed by atoms with van der Waals surface area (Å²) in [5, 5.41) is 0. The zero-order valence-corrected chi connectivity index (χ0v) is 11.9. The van der Waals surface area contributed by atoms with E-state index in [9.17, 15) is 9.59 Å². The van der Waals surface area contributed by atoms with Gasteiger partial charge < -0.3 is 18.9 Å². The molecule has 0 bridgehead atoms. The highest BCUT2D eigenvalue weighted by Crippen LogP contribution is 2.21. The molecule has 0 saturated carbocycles. The van der Waals surface area contributed by atoms with Crippen LogP contribution in [-0.4, -0.2) is 54.8 Å². The Kier molecular flexibility index (Phi) is 4.79. The standard InChI is InChI=1S/C14H20N2O4/c1-19-10-9-15-7-3-5-11(15)13(17)16-8-4-6-12(16)14(18)20-2/h3,5,7,12H,4,6,8-10H2,1-2H3. The molecule has 0 N–H and O–H groups in total. The fourth-order valence-electron chi connectivity index (χ4n) is 2.53. The molecule has 1 amide bonds. The second-order valence-corrected chi connectivity index (χ2v) is 4.76. The van der Waals surface area contributed by atoms with E-state index in [1.165, 1.54) is 7.11 Å². The van der Waals surface area contributed by atoms with E-state index < -0.39 is 6.04 Å². The van der Waals surface area contributed by atoms with Crippen LogP contribution in [0.4, 0.5) is 0 Å². The third-order valence-corrected chi connectivity index (χ3v) is 3.57. The van der Waals surface area contributed by atoms with E-state index in [0.717, 1.165) is 6.42 Å². The fraction of sp³-hybridized carbons (Fsp3) is 0.571. The second kappa shape index (κ2) is 6.56. The zero-order valence-electron chi connectivity index (χ0n) is 11.9. The topological polar surface area (TPSA) is 60.8 Å². The van der Waals surface area contributed by atoms with Crippen LogP contribution in [0.5, 0.6) is 0 Å². The van der Waals surface area contributed by atoms with Gasteiger partial charge in [-0.2, -0.15) is 0 Å². The summed E-state index contributed by atoms with van der Waals surface area (Å²) in [6.45, 7) is 1.74. The molecule has 2 heterocycles. The number of nitrogens with zero attached hydrogens (tertiary/aromatic N) is 2. The Labute approximate surface area is 118 Å². The average molecular weight is 280 g/mol. The van der Waals surface area contributed by atoms with Crippen molar-refractivity contribution in [2.24, 2.45) is 0 Å². The number of hydrogen-bond donors (Lipinski definition) is 0. The Morgan fingerprint density at radius 1 is 1.40 bits per heavy atom.